The molecule has 0 spiro atoms. The highest BCUT2D eigenvalue weighted by Crippen LogP contribution is 2.46. The van der Waals surface area contributed by atoms with E-state index in [1.807, 2.05) is 6.07 Å². The van der Waals surface area contributed by atoms with Crippen molar-refractivity contribution in [3.8, 4) is 6.07 Å². The Morgan fingerprint density at radius 2 is 1.71 bits per heavy atom. The van der Waals surface area contributed by atoms with Gasteiger partial charge in [-0.3, -0.25) is 13.9 Å². The van der Waals surface area contributed by atoms with E-state index < -0.39 is 78.3 Å². The number of fused-ring (bicyclic) bond motifs is 2. The Morgan fingerprint density at radius 3 is 2.33 bits per heavy atom. The number of nitrogens with one attached hydrogen (secondary N) is 1. The smallest absolute Gasteiger partial charge is 0.438 e. The summed E-state index contributed by atoms with van der Waals surface area (Å²) in [5.74, 6) is -1.47. The molecule has 4 heterocycles. The first-order valence-corrected chi connectivity index (χ1v) is 23.1. The minimum atomic E-state index is -4.80. The molecule has 2 aromatic rings. The number of nitriles is 1. The number of rotatable bonds is 24. The lowest BCUT2D eigenvalue weighted by molar-refractivity contribution is -0.150. The summed E-state index contributed by atoms with van der Waals surface area (Å²) in [4.78, 5) is 39.0. The van der Waals surface area contributed by atoms with Gasteiger partial charge in [0.2, 0.25) is 6.79 Å². The maximum Gasteiger partial charge on any atom is 0.509 e. The fraction of sp³-hybridized carbons (Fsp3) is 0.722. The van der Waals surface area contributed by atoms with Crippen molar-refractivity contribution in [3.63, 3.8) is 0 Å². The second-order valence-electron chi connectivity index (χ2n) is 14.5. The number of hydrogen-bond acceptors (Lipinski definition) is 13. The molecular weight excluding hydrogens is 782 g/mol. The Hall–Kier alpha value is -3.00. The number of carbonyl (C=O) groups is 2. The first-order chi connectivity index (χ1) is 26.3. The predicted octanol–water partition coefficient (Wildman–Crippen LogP) is 7.83. The maximum absolute atomic E-state index is 13.5. The number of hydrogen-bond donors (Lipinski definition) is 2. The van der Waals surface area contributed by atoms with E-state index in [-0.39, 0.29) is 41.7 Å². The summed E-state index contributed by atoms with van der Waals surface area (Å²) < 4.78 is 80.4. The fourth-order valence-electron chi connectivity index (χ4n) is 7.17. The second-order valence-corrected chi connectivity index (χ2v) is 19.3. The molecule has 5 atom stereocenters. The van der Waals surface area contributed by atoms with Gasteiger partial charge < -0.3 is 33.7 Å². The van der Waals surface area contributed by atoms with Gasteiger partial charge in [0.25, 0.3) is 0 Å². The summed E-state index contributed by atoms with van der Waals surface area (Å²) in [6.45, 7) is 1.32. The van der Waals surface area contributed by atoms with Gasteiger partial charge in [-0.25, -0.2) is 22.6 Å². The van der Waals surface area contributed by atoms with Gasteiger partial charge in [0, 0.05) is 24.0 Å². The predicted molar refractivity (Wildman–Crippen MR) is 201 cm³/mol. The standard InChI is InChI=1S/C36H51ClFN4O11PS/c1-2-3-4-5-6-7-8-9-10-11-12-13-14-15-29(43)49-22-50-54(45,46)23-55(47,48)21-28-31-32(53-36(44)52-31)35(51-28)42-17-16-26-30(40-25-18-24(38)19-25)27(20-39)33(37)41-34(26)42/h16-17,24-25,28,31-32,35H,2-15,18-19,21-23H2,1H3,(H,40,41)(H,45,46)/t24?,25?,28-,31-,32+,35+/m0/s1. The third kappa shape index (κ3) is 12.0. The average Bonchev–Trinajstić information content (AvgIpc) is 3.78. The Labute approximate surface area is 326 Å². The fourth-order valence-corrected chi connectivity index (χ4v) is 11.1. The number of unbranched alkanes of at least 4 members (excludes halogenated alkanes) is 12. The molecule has 0 amide bonds. The quantitative estimate of drug-likeness (QED) is 0.0340. The Morgan fingerprint density at radius 1 is 1.09 bits per heavy atom. The lowest BCUT2D eigenvalue weighted by Crippen LogP contribution is -2.36. The van der Waals surface area contributed by atoms with Crippen molar-refractivity contribution in [2.45, 2.75) is 146 Å². The van der Waals surface area contributed by atoms with Crippen LogP contribution in [0.25, 0.3) is 11.0 Å². The van der Waals surface area contributed by atoms with Crippen molar-refractivity contribution in [2.75, 3.05) is 23.4 Å². The van der Waals surface area contributed by atoms with Crippen molar-refractivity contribution in [3.05, 3.63) is 23.0 Å². The summed E-state index contributed by atoms with van der Waals surface area (Å²) in [6.07, 6.45) is 10.3. The van der Waals surface area contributed by atoms with Crippen molar-refractivity contribution in [1.29, 1.82) is 5.26 Å². The maximum atomic E-state index is 13.5. The van der Waals surface area contributed by atoms with Gasteiger partial charge >= 0.3 is 19.7 Å². The van der Waals surface area contributed by atoms with Gasteiger partial charge in [0.15, 0.2) is 38.9 Å². The van der Waals surface area contributed by atoms with Crippen LogP contribution >= 0.6 is 19.2 Å². The monoisotopic (exact) mass is 832 g/mol. The minimum absolute atomic E-state index is 0.0549. The van der Waals surface area contributed by atoms with Gasteiger partial charge in [-0.05, 0) is 25.3 Å². The van der Waals surface area contributed by atoms with E-state index in [1.165, 1.54) is 68.6 Å². The van der Waals surface area contributed by atoms with Crippen LogP contribution in [0.3, 0.4) is 0 Å². The number of halogens is 2. The molecule has 0 radical (unpaired) electrons. The van der Waals surface area contributed by atoms with E-state index in [0.717, 1.165) is 19.3 Å². The number of nitrogens with zero attached hydrogens (tertiary/aromatic N) is 3. The number of pyridine rings is 1. The van der Waals surface area contributed by atoms with Crippen LogP contribution in [0.5, 0.6) is 0 Å². The molecule has 3 aliphatic rings. The highest BCUT2D eigenvalue weighted by Gasteiger charge is 2.56. The van der Waals surface area contributed by atoms with E-state index in [1.54, 1.807) is 6.07 Å². The van der Waals surface area contributed by atoms with Gasteiger partial charge in [0.05, 0.1) is 11.4 Å². The number of carbonyl (C=O) groups excluding carboxylic acids is 2. The molecule has 15 nitrogen and oxygen atoms in total. The molecule has 2 N–H and O–H groups in total. The van der Waals surface area contributed by atoms with Gasteiger partial charge in [0.1, 0.15) is 29.6 Å². The molecule has 19 heteroatoms. The molecule has 5 rings (SSSR count). The highest BCUT2D eigenvalue weighted by atomic mass is 35.5. The van der Waals surface area contributed by atoms with Crippen LogP contribution in [-0.2, 0) is 42.7 Å². The van der Waals surface area contributed by atoms with Crippen LogP contribution in [0.15, 0.2) is 12.3 Å². The zero-order valence-corrected chi connectivity index (χ0v) is 33.5. The molecule has 2 saturated heterocycles. The molecule has 2 aliphatic heterocycles. The molecule has 1 unspecified atom stereocenters. The normalized spacial score (nSPS) is 24.4. The van der Waals surface area contributed by atoms with Crippen LogP contribution in [-0.4, -0.2) is 83.6 Å². The number of anilines is 1. The molecular formula is C36H51ClFN4O11PS. The number of alkyl halides is 1. The first-order valence-electron chi connectivity index (χ1n) is 19.2. The van der Waals surface area contributed by atoms with Crippen molar-refractivity contribution in [1.82, 2.24) is 9.55 Å². The summed E-state index contributed by atoms with van der Waals surface area (Å²) in [6, 6.07) is 3.39. The topological polar surface area (TPSA) is 205 Å². The zero-order valence-electron chi connectivity index (χ0n) is 31.0. The summed E-state index contributed by atoms with van der Waals surface area (Å²) in [5, 5.41) is 13.2. The first kappa shape index (κ1) is 43.1. The van der Waals surface area contributed by atoms with E-state index >= 15 is 0 Å². The molecule has 2 aromatic heterocycles. The number of sulfone groups is 1. The van der Waals surface area contributed by atoms with Gasteiger partial charge in [-0.1, -0.05) is 95.6 Å². The van der Waals surface area contributed by atoms with E-state index in [2.05, 4.69) is 17.2 Å². The molecule has 0 bridgehead atoms. The van der Waals surface area contributed by atoms with Crippen LogP contribution in [0.4, 0.5) is 14.9 Å². The lowest BCUT2D eigenvalue weighted by atomic mass is 9.90. The number of esters is 1. The SMILES string of the molecule is CCCCCCCCCCCCCCCC(=O)OCOP(=O)(O)CS(=O)(=O)C[C@@H]1O[C@@H](n2ccc3c(NC4CC(F)C4)c(C#N)c(Cl)nc32)[C@@H]2OC(=O)O[C@H]21. The molecule has 1 aliphatic carbocycles. The minimum Gasteiger partial charge on any atom is -0.438 e. The second kappa shape index (κ2) is 19.9. The molecule has 55 heavy (non-hydrogen) atoms. The molecule has 1 saturated carbocycles. The Kier molecular flexibility index (Phi) is 15.6. The summed E-state index contributed by atoms with van der Waals surface area (Å²) >= 11 is 6.37. The lowest BCUT2D eigenvalue weighted by Gasteiger charge is -2.31. The molecule has 306 valence electrons. The van der Waals surface area contributed by atoms with Gasteiger partial charge in [-0.2, -0.15) is 5.26 Å². The molecule has 0 aromatic carbocycles. The largest absolute Gasteiger partial charge is 0.509 e. The van der Waals surface area contributed by atoms with Crippen LogP contribution in [0.1, 0.15) is 121 Å². The van der Waals surface area contributed by atoms with E-state index in [9.17, 15) is 37.1 Å². The van der Waals surface area contributed by atoms with Crippen molar-refractivity contribution < 1.29 is 55.3 Å². The van der Waals surface area contributed by atoms with Crippen LogP contribution in [0, 0.1) is 11.3 Å². The van der Waals surface area contributed by atoms with E-state index in [0.29, 0.717) is 17.5 Å². The number of aromatic nitrogens is 2. The van der Waals surface area contributed by atoms with Crippen LogP contribution < -0.4 is 5.32 Å². The third-order valence-electron chi connectivity index (χ3n) is 10.1. The highest BCUT2D eigenvalue weighted by molar-refractivity contribution is 7.97. The van der Waals surface area contributed by atoms with E-state index in [4.69, 9.17) is 35.1 Å². The van der Waals surface area contributed by atoms with Gasteiger partial charge in [-0.15, -0.1) is 0 Å². The Bertz CT molecular complexity index is 1840. The summed E-state index contributed by atoms with van der Waals surface area (Å²) in [7, 11) is -9.21. The molecule has 3 fully saturated rings. The van der Waals surface area contributed by atoms with Crippen LogP contribution in [0.2, 0.25) is 5.15 Å². The zero-order chi connectivity index (χ0) is 39.6. The Balaban J connectivity index is 1.07. The number of ether oxygens (including phenoxy) is 4. The third-order valence-corrected chi connectivity index (χ3v) is 14.6. The summed E-state index contributed by atoms with van der Waals surface area (Å²) in [5.41, 5.74) is -0.719. The average molecular weight is 833 g/mol. The van der Waals surface area contributed by atoms with Crippen molar-refractivity contribution >= 4 is 57.9 Å². The van der Waals surface area contributed by atoms with Crippen molar-refractivity contribution in [2.24, 2.45) is 0 Å².